The van der Waals surface area contributed by atoms with Gasteiger partial charge in [0.25, 0.3) is 0 Å². The molecule has 92 valence electrons. The van der Waals surface area contributed by atoms with Crippen molar-refractivity contribution >= 4 is 10.1 Å². The topological polar surface area (TPSA) is 61.2 Å². The lowest BCUT2D eigenvalue weighted by Crippen LogP contribution is -2.29. The van der Waals surface area contributed by atoms with Crippen molar-refractivity contribution in [2.45, 2.75) is 19.4 Å². The van der Waals surface area contributed by atoms with Gasteiger partial charge in [0.2, 0.25) is 5.88 Å². The van der Waals surface area contributed by atoms with Crippen LogP contribution in [0.15, 0.2) is 0 Å². The second-order valence-electron chi connectivity index (χ2n) is 3.12. The van der Waals surface area contributed by atoms with E-state index in [1.807, 2.05) is 0 Å². The highest BCUT2D eigenvalue weighted by molar-refractivity contribution is 7.87. The molecule has 0 saturated heterocycles. The van der Waals surface area contributed by atoms with E-state index in [2.05, 4.69) is 9.28 Å². The second kappa shape index (κ2) is 3.65. The standard InChI is InChI=1S/C7H9F3N2O3S/c1-4-5(2)11-12(3)6(4)15-16(13,14)7(8,9)10/h1-3H3. The van der Waals surface area contributed by atoms with E-state index in [1.54, 1.807) is 0 Å². The molecule has 1 aromatic rings. The van der Waals surface area contributed by atoms with Crippen LogP contribution in [-0.4, -0.2) is 23.7 Å². The van der Waals surface area contributed by atoms with Crippen molar-refractivity contribution in [2.24, 2.45) is 7.05 Å². The molecule has 1 aromatic heterocycles. The van der Waals surface area contributed by atoms with Crippen LogP contribution in [0.5, 0.6) is 5.88 Å². The highest BCUT2D eigenvalue weighted by Crippen LogP contribution is 2.29. The van der Waals surface area contributed by atoms with Crippen molar-refractivity contribution in [1.29, 1.82) is 0 Å². The number of hydrogen-bond donors (Lipinski definition) is 0. The highest BCUT2D eigenvalue weighted by atomic mass is 32.2. The van der Waals surface area contributed by atoms with Crippen LogP contribution in [0.3, 0.4) is 0 Å². The Hall–Kier alpha value is -1.25. The summed E-state index contributed by atoms with van der Waals surface area (Å²) >= 11 is 0. The third kappa shape index (κ3) is 2.13. The molecule has 0 fully saturated rings. The first-order valence-corrected chi connectivity index (χ1v) is 5.48. The Labute approximate surface area is 89.9 Å². The maximum atomic E-state index is 12.0. The summed E-state index contributed by atoms with van der Waals surface area (Å²) in [4.78, 5) is 0. The first-order valence-electron chi connectivity index (χ1n) is 4.07. The van der Waals surface area contributed by atoms with E-state index in [1.165, 1.54) is 20.9 Å². The number of halogens is 3. The van der Waals surface area contributed by atoms with Crippen LogP contribution in [0.4, 0.5) is 13.2 Å². The quantitative estimate of drug-likeness (QED) is 0.592. The van der Waals surface area contributed by atoms with Gasteiger partial charge in [-0.3, -0.25) is 0 Å². The molecule has 0 saturated carbocycles. The Morgan fingerprint density at radius 3 is 2.12 bits per heavy atom. The average Bonchev–Trinajstić information content (AvgIpc) is 2.30. The predicted octanol–water partition coefficient (Wildman–Crippen LogP) is 1.27. The Bertz CT molecular complexity index is 504. The van der Waals surface area contributed by atoms with Gasteiger partial charge < -0.3 is 4.18 Å². The first-order chi connectivity index (χ1) is 7.06. The monoisotopic (exact) mass is 258 g/mol. The molecule has 5 nitrogen and oxygen atoms in total. The fourth-order valence-corrected chi connectivity index (χ4v) is 1.55. The van der Waals surface area contributed by atoms with Gasteiger partial charge in [-0.05, 0) is 13.8 Å². The van der Waals surface area contributed by atoms with E-state index >= 15 is 0 Å². The van der Waals surface area contributed by atoms with Crippen LogP contribution in [0.2, 0.25) is 0 Å². The van der Waals surface area contributed by atoms with Gasteiger partial charge in [-0.2, -0.15) is 26.7 Å². The van der Waals surface area contributed by atoms with Gasteiger partial charge in [0.15, 0.2) is 0 Å². The van der Waals surface area contributed by atoms with Crippen LogP contribution >= 0.6 is 0 Å². The van der Waals surface area contributed by atoms with Crippen molar-refractivity contribution in [3.05, 3.63) is 11.3 Å². The van der Waals surface area contributed by atoms with Gasteiger partial charge in [-0.15, -0.1) is 0 Å². The minimum Gasteiger partial charge on any atom is -0.355 e. The van der Waals surface area contributed by atoms with Crippen LogP contribution in [0.1, 0.15) is 11.3 Å². The molecular weight excluding hydrogens is 249 g/mol. The van der Waals surface area contributed by atoms with E-state index in [0.717, 1.165) is 4.68 Å². The number of rotatable bonds is 2. The molecule has 16 heavy (non-hydrogen) atoms. The molecule has 0 aliphatic heterocycles. The Morgan fingerprint density at radius 1 is 1.31 bits per heavy atom. The molecule has 0 aromatic carbocycles. The van der Waals surface area contributed by atoms with Gasteiger partial charge in [0, 0.05) is 12.6 Å². The molecule has 0 spiro atoms. The largest absolute Gasteiger partial charge is 0.534 e. The predicted molar refractivity (Wildman–Crippen MR) is 48.3 cm³/mol. The zero-order valence-corrected chi connectivity index (χ0v) is 9.48. The van der Waals surface area contributed by atoms with Crippen molar-refractivity contribution in [1.82, 2.24) is 9.78 Å². The lowest BCUT2D eigenvalue weighted by atomic mass is 10.3. The molecule has 9 heteroatoms. The van der Waals surface area contributed by atoms with Gasteiger partial charge in [0.1, 0.15) is 0 Å². The molecule has 0 amide bonds. The fourth-order valence-electron chi connectivity index (χ4n) is 1.01. The van der Waals surface area contributed by atoms with Crippen molar-refractivity contribution in [2.75, 3.05) is 0 Å². The van der Waals surface area contributed by atoms with Gasteiger partial charge >= 0.3 is 15.6 Å². The summed E-state index contributed by atoms with van der Waals surface area (Å²) in [5, 5.41) is 3.74. The normalized spacial score (nSPS) is 12.9. The molecule has 0 radical (unpaired) electrons. The minimum atomic E-state index is -5.64. The Morgan fingerprint density at radius 2 is 1.81 bits per heavy atom. The Kier molecular flexibility index (Phi) is 2.92. The molecule has 0 aliphatic rings. The van der Waals surface area contributed by atoms with E-state index in [-0.39, 0.29) is 5.56 Å². The third-order valence-electron chi connectivity index (χ3n) is 1.93. The van der Waals surface area contributed by atoms with Crippen molar-refractivity contribution in [3.8, 4) is 5.88 Å². The summed E-state index contributed by atoms with van der Waals surface area (Å²) in [6, 6.07) is 0. The summed E-state index contributed by atoms with van der Waals surface area (Å²) in [6.45, 7) is 2.95. The molecule has 1 heterocycles. The van der Waals surface area contributed by atoms with Crippen molar-refractivity contribution in [3.63, 3.8) is 0 Å². The number of nitrogens with zero attached hydrogens (tertiary/aromatic N) is 2. The molecular formula is C7H9F3N2O3S. The summed E-state index contributed by atoms with van der Waals surface area (Å²) in [7, 11) is -4.35. The lowest BCUT2D eigenvalue weighted by molar-refractivity contribution is -0.0502. The van der Waals surface area contributed by atoms with Crippen LogP contribution in [0.25, 0.3) is 0 Å². The lowest BCUT2D eigenvalue weighted by Gasteiger charge is -2.09. The SMILES string of the molecule is Cc1nn(C)c(OS(=O)(=O)C(F)(F)F)c1C. The van der Waals surface area contributed by atoms with Crippen LogP contribution in [0, 0.1) is 13.8 Å². The maximum Gasteiger partial charge on any atom is 0.534 e. The van der Waals surface area contributed by atoms with Crippen LogP contribution < -0.4 is 4.18 Å². The molecule has 0 atom stereocenters. The van der Waals surface area contributed by atoms with E-state index in [0.29, 0.717) is 5.69 Å². The highest BCUT2D eigenvalue weighted by Gasteiger charge is 2.49. The zero-order valence-electron chi connectivity index (χ0n) is 8.66. The number of aryl methyl sites for hydroxylation is 2. The summed E-state index contributed by atoms with van der Waals surface area (Å²) in [5.74, 6) is -0.435. The molecule has 0 N–H and O–H groups in total. The van der Waals surface area contributed by atoms with E-state index in [9.17, 15) is 21.6 Å². The summed E-state index contributed by atoms with van der Waals surface area (Å²) < 4.78 is 62.6. The number of aromatic nitrogens is 2. The second-order valence-corrected chi connectivity index (χ2v) is 4.66. The van der Waals surface area contributed by atoms with Gasteiger partial charge in [-0.25, -0.2) is 4.68 Å². The minimum absolute atomic E-state index is 0.246. The van der Waals surface area contributed by atoms with Crippen LogP contribution in [-0.2, 0) is 17.2 Å². The smallest absolute Gasteiger partial charge is 0.355 e. The zero-order chi connectivity index (χ0) is 12.7. The molecule has 0 unspecified atom stereocenters. The molecule has 1 rings (SSSR count). The number of alkyl halides is 3. The maximum absolute atomic E-state index is 12.0. The van der Waals surface area contributed by atoms with E-state index in [4.69, 9.17) is 0 Å². The van der Waals surface area contributed by atoms with E-state index < -0.39 is 21.5 Å². The third-order valence-corrected chi connectivity index (χ3v) is 2.87. The fraction of sp³-hybridized carbons (Fsp3) is 0.571. The van der Waals surface area contributed by atoms with Gasteiger partial charge in [0.05, 0.1) is 5.69 Å². The van der Waals surface area contributed by atoms with Crippen molar-refractivity contribution < 1.29 is 25.8 Å². The average molecular weight is 258 g/mol. The summed E-state index contributed by atoms with van der Waals surface area (Å²) in [6.07, 6.45) is 0. The number of hydrogen-bond acceptors (Lipinski definition) is 4. The first kappa shape index (κ1) is 12.8. The molecule has 0 aliphatic carbocycles. The van der Waals surface area contributed by atoms with Gasteiger partial charge in [-0.1, -0.05) is 0 Å². The summed E-state index contributed by atoms with van der Waals surface area (Å²) in [5.41, 5.74) is -4.80. The molecule has 0 bridgehead atoms. The Balaban J connectivity index is 3.16.